The maximum absolute atomic E-state index is 11.4. The Kier molecular flexibility index (Phi) is 3.51. The molecule has 3 heteroatoms. The lowest BCUT2D eigenvalue weighted by molar-refractivity contribution is 0.0525. The molecule has 3 nitrogen and oxygen atoms in total. The smallest absolute Gasteiger partial charge is 0.338 e. The highest BCUT2D eigenvalue weighted by molar-refractivity contribution is 5.91. The van der Waals surface area contributed by atoms with Crippen LogP contribution in [-0.4, -0.2) is 19.7 Å². The average molecular weight is 194 g/mol. The number of carbonyl (C=O) groups is 1. The molecule has 0 aliphatic rings. The quantitative estimate of drug-likeness (QED) is 0.692. The van der Waals surface area contributed by atoms with E-state index in [4.69, 9.17) is 9.47 Å². The lowest BCUT2D eigenvalue weighted by Gasteiger charge is -2.06. The van der Waals surface area contributed by atoms with E-state index in [-0.39, 0.29) is 5.97 Å². The minimum atomic E-state index is -0.285. The van der Waals surface area contributed by atoms with Gasteiger partial charge in [-0.3, -0.25) is 0 Å². The van der Waals surface area contributed by atoms with Crippen molar-refractivity contribution >= 4 is 5.97 Å². The highest BCUT2D eigenvalue weighted by atomic mass is 16.5. The zero-order valence-electron chi connectivity index (χ0n) is 8.66. The molecule has 0 atom stereocenters. The van der Waals surface area contributed by atoms with E-state index in [9.17, 15) is 4.79 Å². The molecular weight excluding hydrogens is 180 g/mol. The van der Waals surface area contributed by atoms with Crippen LogP contribution in [0.25, 0.3) is 0 Å². The molecule has 0 bridgehead atoms. The number of hydrogen-bond donors (Lipinski definition) is 0. The van der Waals surface area contributed by atoms with Gasteiger partial charge in [0.25, 0.3) is 0 Å². The van der Waals surface area contributed by atoms with E-state index in [0.717, 1.165) is 11.3 Å². The molecule has 0 spiro atoms. The number of methoxy groups -OCH3 is 1. The summed E-state index contributed by atoms with van der Waals surface area (Å²) in [5.74, 6) is 0.461. The summed E-state index contributed by atoms with van der Waals surface area (Å²) in [6.07, 6.45) is 0. The van der Waals surface area contributed by atoms with Crippen LogP contribution in [0.3, 0.4) is 0 Å². The SMILES string of the molecule is CCOC(=O)c1ccc(OC)cc1C. The van der Waals surface area contributed by atoms with Crippen molar-refractivity contribution in [1.82, 2.24) is 0 Å². The number of rotatable bonds is 3. The minimum absolute atomic E-state index is 0.285. The van der Waals surface area contributed by atoms with Crippen LogP contribution in [0.15, 0.2) is 18.2 Å². The summed E-state index contributed by atoms with van der Waals surface area (Å²) in [5, 5.41) is 0. The maximum atomic E-state index is 11.4. The Balaban J connectivity index is 2.94. The van der Waals surface area contributed by atoms with Gasteiger partial charge in [0.2, 0.25) is 0 Å². The molecule has 0 fully saturated rings. The Morgan fingerprint density at radius 3 is 2.64 bits per heavy atom. The molecule has 1 aromatic rings. The van der Waals surface area contributed by atoms with Gasteiger partial charge in [0.15, 0.2) is 0 Å². The first kappa shape index (κ1) is 10.6. The Bertz CT molecular complexity index is 331. The van der Waals surface area contributed by atoms with Crippen molar-refractivity contribution < 1.29 is 14.3 Å². The molecule has 1 aromatic carbocycles. The molecule has 0 aliphatic heterocycles. The Labute approximate surface area is 83.6 Å². The van der Waals surface area contributed by atoms with Gasteiger partial charge in [-0.05, 0) is 37.6 Å². The summed E-state index contributed by atoms with van der Waals surface area (Å²) < 4.78 is 9.94. The third-order valence-electron chi connectivity index (χ3n) is 1.93. The summed E-state index contributed by atoms with van der Waals surface area (Å²) in [6.45, 7) is 4.04. The van der Waals surface area contributed by atoms with Crippen molar-refractivity contribution in [3.8, 4) is 5.75 Å². The number of carbonyl (C=O) groups excluding carboxylic acids is 1. The molecule has 14 heavy (non-hydrogen) atoms. The van der Waals surface area contributed by atoms with E-state index >= 15 is 0 Å². The molecule has 0 N–H and O–H groups in total. The van der Waals surface area contributed by atoms with Crippen LogP contribution < -0.4 is 4.74 Å². The molecule has 0 radical (unpaired) electrons. The van der Waals surface area contributed by atoms with Crippen LogP contribution in [0.5, 0.6) is 5.75 Å². The fourth-order valence-corrected chi connectivity index (χ4v) is 1.20. The lowest BCUT2D eigenvalue weighted by atomic mass is 10.1. The first-order chi connectivity index (χ1) is 6.69. The van der Waals surface area contributed by atoms with Crippen LogP contribution in [0.1, 0.15) is 22.8 Å². The van der Waals surface area contributed by atoms with Gasteiger partial charge in [0.05, 0.1) is 19.3 Å². The van der Waals surface area contributed by atoms with E-state index in [1.165, 1.54) is 0 Å². The Hall–Kier alpha value is -1.51. The zero-order chi connectivity index (χ0) is 10.6. The molecule has 0 amide bonds. The molecule has 1 rings (SSSR count). The van der Waals surface area contributed by atoms with Crippen molar-refractivity contribution in [2.24, 2.45) is 0 Å². The molecule has 0 saturated heterocycles. The normalized spacial score (nSPS) is 9.64. The van der Waals surface area contributed by atoms with Crippen molar-refractivity contribution in [1.29, 1.82) is 0 Å². The monoisotopic (exact) mass is 194 g/mol. The summed E-state index contributed by atoms with van der Waals surface area (Å²) >= 11 is 0. The standard InChI is InChI=1S/C11H14O3/c1-4-14-11(12)10-6-5-9(13-3)7-8(10)2/h5-7H,4H2,1-3H3. The van der Waals surface area contributed by atoms with E-state index in [1.807, 2.05) is 13.0 Å². The van der Waals surface area contributed by atoms with Crippen LogP contribution in [-0.2, 0) is 4.74 Å². The van der Waals surface area contributed by atoms with Gasteiger partial charge >= 0.3 is 5.97 Å². The average Bonchev–Trinajstić information content (AvgIpc) is 2.17. The third kappa shape index (κ3) is 2.25. The first-order valence-electron chi connectivity index (χ1n) is 4.50. The van der Waals surface area contributed by atoms with Gasteiger partial charge in [0.1, 0.15) is 5.75 Å². The number of hydrogen-bond acceptors (Lipinski definition) is 3. The first-order valence-corrected chi connectivity index (χ1v) is 4.50. The topological polar surface area (TPSA) is 35.5 Å². The molecule has 0 unspecified atom stereocenters. The van der Waals surface area contributed by atoms with E-state index in [1.54, 1.807) is 26.2 Å². The van der Waals surface area contributed by atoms with Gasteiger partial charge < -0.3 is 9.47 Å². The van der Waals surface area contributed by atoms with Crippen LogP contribution in [0.4, 0.5) is 0 Å². The molecule has 76 valence electrons. The van der Waals surface area contributed by atoms with Gasteiger partial charge in [0, 0.05) is 0 Å². The van der Waals surface area contributed by atoms with Gasteiger partial charge in [-0.15, -0.1) is 0 Å². The summed E-state index contributed by atoms with van der Waals surface area (Å²) in [6, 6.07) is 5.28. The second-order valence-corrected chi connectivity index (χ2v) is 2.90. The maximum Gasteiger partial charge on any atom is 0.338 e. The van der Waals surface area contributed by atoms with E-state index in [0.29, 0.717) is 12.2 Å². The van der Waals surface area contributed by atoms with Crippen LogP contribution >= 0.6 is 0 Å². The van der Waals surface area contributed by atoms with Gasteiger partial charge in [-0.25, -0.2) is 4.79 Å². The third-order valence-corrected chi connectivity index (χ3v) is 1.93. The highest BCUT2D eigenvalue weighted by Gasteiger charge is 2.09. The fraction of sp³-hybridized carbons (Fsp3) is 0.364. The van der Waals surface area contributed by atoms with Crippen molar-refractivity contribution in [2.75, 3.05) is 13.7 Å². The van der Waals surface area contributed by atoms with E-state index in [2.05, 4.69) is 0 Å². The van der Waals surface area contributed by atoms with Gasteiger partial charge in [-0.2, -0.15) is 0 Å². The molecular formula is C11H14O3. The van der Waals surface area contributed by atoms with Crippen molar-refractivity contribution in [2.45, 2.75) is 13.8 Å². The predicted octanol–water partition coefficient (Wildman–Crippen LogP) is 2.18. The van der Waals surface area contributed by atoms with Crippen molar-refractivity contribution in [3.63, 3.8) is 0 Å². The Morgan fingerprint density at radius 1 is 1.43 bits per heavy atom. The summed E-state index contributed by atoms with van der Waals surface area (Å²) in [4.78, 5) is 11.4. The fourth-order valence-electron chi connectivity index (χ4n) is 1.20. The minimum Gasteiger partial charge on any atom is -0.497 e. The number of esters is 1. The molecule has 0 saturated carbocycles. The molecule has 0 aromatic heterocycles. The van der Waals surface area contributed by atoms with Gasteiger partial charge in [-0.1, -0.05) is 0 Å². The summed E-state index contributed by atoms with van der Waals surface area (Å²) in [7, 11) is 1.60. The lowest BCUT2D eigenvalue weighted by Crippen LogP contribution is -2.06. The van der Waals surface area contributed by atoms with E-state index < -0.39 is 0 Å². The number of aryl methyl sites for hydroxylation is 1. The second kappa shape index (κ2) is 4.65. The molecule has 0 heterocycles. The van der Waals surface area contributed by atoms with Crippen molar-refractivity contribution in [3.05, 3.63) is 29.3 Å². The number of benzene rings is 1. The Morgan fingerprint density at radius 2 is 2.14 bits per heavy atom. The molecule has 0 aliphatic carbocycles. The number of ether oxygens (including phenoxy) is 2. The van der Waals surface area contributed by atoms with Crippen LogP contribution in [0.2, 0.25) is 0 Å². The van der Waals surface area contributed by atoms with Crippen LogP contribution in [0, 0.1) is 6.92 Å². The summed E-state index contributed by atoms with van der Waals surface area (Å²) in [5.41, 5.74) is 1.45. The largest absolute Gasteiger partial charge is 0.497 e. The predicted molar refractivity (Wildman–Crippen MR) is 53.7 cm³/mol. The second-order valence-electron chi connectivity index (χ2n) is 2.90. The highest BCUT2D eigenvalue weighted by Crippen LogP contribution is 2.17. The zero-order valence-corrected chi connectivity index (χ0v) is 8.66.